The van der Waals surface area contributed by atoms with E-state index in [9.17, 15) is 0 Å². The van der Waals surface area contributed by atoms with Gasteiger partial charge in [-0.15, -0.1) is 0 Å². The van der Waals surface area contributed by atoms with E-state index in [1.54, 1.807) is 18.6 Å². The molecular weight excluding hydrogens is 150 g/mol. The summed E-state index contributed by atoms with van der Waals surface area (Å²) < 4.78 is 0. The minimum absolute atomic E-state index is 0.754. The van der Waals surface area contributed by atoms with Crippen LogP contribution in [-0.2, 0) is 0 Å². The minimum Gasteiger partial charge on any atom is -0.399 e. The largest absolute Gasteiger partial charge is 0.399 e. The van der Waals surface area contributed by atoms with E-state index in [1.165, 1.54) is 0 Å². The molecule has 2 rings (SSSR count). The molecule has 3 heteroatoms. The van der Waals surface area contributed by atoms with Crippen molar-refractivity contribution in [2.75, 3.05) is 11.1 Å². The van der Waals surface area contributed by atoms with Gasteiger partial charge in [0.25, 0.3) is 0 Å². The lowest BCUT2D eigenvalue weighted by molar-refractivity contribution is 1.55. The zero-order valence-corrected chi connectivity index (χ0v) is 6.49. The van der Waals surface area contributed by atoms with E-state index >= 15 is 0 Å². The van der Waals surface area contributed by atoms with Crippen molar-refractivity contribution in [3.8, 4) is 0 Å². The van der Waals surface area contributed by atoms with Crippen LogP contribution in [0, 0.1) is 0 Å². The molecule has 3 N–H and O–H groups in total. The van der Waals surface area contributed by atoms with Gasteiger partial charge in [0.2, 0.25) is 0 Å². The fourth-order valence-electron chi connectivity index (χ4n) is 1.11. The van der Waals surface area contributed by atoms with Crippen LogP contribution >= 0.6 is 0 Å². The summed E-state index contributed by atoms with van der Waals surface area (Å²) in [7, 11) is 0. The topological polar surface area (TPSA) is 50.4 Å². The molecule has 0 bridgehead atoms. The number of hydrogen-bond donors (Lipinski definition) is 2. The molecule has 0 aromatic heterocycles. The molecule has 0 aliphatic carbocycles. The summed E-state index contributed by atoms with van der Waals surface area (Å²) in [5, 5.41) is 3.09. The third kappa shape index (κ3) is 1.16. The predicted molar refractivity (Wildman–Crippen MR) is 51.2 cm³/mol. The predicted octanol–water partition coefficient (Wildman–Crippen LogP) is 1.58. The number of nitrogen functional groups attached to an aromatic ring is 1. The van der Waals surface area contributed by atoms with Crippen LogP contribution in [0.2, 0.25) is 0 Å². The molecule has 3 nitrogen and oxygen atoms in total. The fourth-order valence-corrected chi connectivity index (χ4v) is 1.11. The maximum Gasteiger partial charge on any atom is 0.0470 e. The highest BCUT2D eigenvalue weighted by molar-refractivity contribution is 5.90. The Balaban J connectivity index is 2.53. The molecule has 0 atom stereocenters. The summed E-state index contributed by atoms with van der Waals surface area (Å²) >= 11 is 0. The summed E-state index contributed by atoms with van der Waals surface area (Å²) in [4.78, 5) is 4.03. The SMILES string of the molecule is Nc1ccc2c(c1)C=NC=CN2. The first-order valence-corrected chi connectivity index (χ1v) is 3.70. The van der Waals surface area contributed by atoms with Crippen molar-refractivity contribution in [2.24, 2.45) is 4.99 Å². The van der Waals surface area contributed by atoms with Crippen molar-refractivity contribution < 1.29 is 0 Å². The Morgan fingerprint density at radius 3 is 3.17 bits per heavy atom. The van der Waals surface area contributed by atoms with Gasteiger partial charge in [-0.25, -0.2) is 0 Å². The second-order valence-corrected chi connectivity index (χ2v) is 2.58. The van der Waals surface area contributed by atoms with Crippen LogP contribution in [0.5, 0.6) is 0 Å². The van der Waals surface area contributed by atoms with E-state index in [0.717, 1.165) is 16.9 Å². The molecule has 0 spiro atoms. The maximum atomic E-state index is 5.62. The van der Waals surface area contributed by atoms with Crippen molar-refractivity contribution in [3.05, 3.63) is 36.2 Å². The number of aliphatic imine (C=N–C) groups is 1. The van der Waals surface area contributed by atoms with Crippen molar-refractivity contribution in [1.29, 1.82) is 0 Å². The molecule has 0 radical (unpaired) electrons. The van der Waals surface area contributed by atoms with E-state index in [-0.39, 0.29) is 0 Å². The number of nitrogens with zero attached hydrogens (tertiary/aromatic N) is 1. The molecule has 1 aromatic carbocycles. The number of rotatable bonds is 0. The highest BCUT2D eigenvalue weighted by Gasteiger charge is 1.99. The van der Waals surface area contributed by atoms with Gasteiger partial charge in [-0.3, -0.25) is 4.99 Å². The Bertz CT molecular complexity index is 353. The van der Waals surface area contributed by atoms with Gasteiger partial charge in [-0.1, -0.05) is 0 Å². The molecule has 1 aromatic rings. The fraction of sp³-hybridized carbons (Fsp3) is 0. The van der Waals surface area contributed by atoms with Crippen LogP contribution in [0.4, 0.5) is 11.4 Å². The van der Waals surface area contributed by atoms with Gasteiger partial charge in [0.15, 0.2) is 0 Å². The van der Waals surface area contributed by atoms with Gasteiger partial charge < -0.3 is 11.1 Å². The summed E-state index contributed by atoms with van der Waals surface area (Å²) in [6, 6.07) is 5.68. The minimum atomic E-state index is 0.754. The number of anilines is 2. The Hall–Kier alpha value is -1.77. The van der Waals surface area contributed by atoms with Crippen LogP contribution in [0.25, 0.3) is 0 Å². The molecule has 1 aliphatic heterocycles. The molecule has 1 aliphatic rings. The molecule has 12 heavy (non-hydrogen) atoms. The van der Waals surface area contributed by atoms with E-state index in [0.29, 0.717) is 0 Å². The van der Waals surface area contributed by atoms with Gasteiger partial charge in [-0.2, -0.15) is 0 Å². The van der Waals surface area contributed by atoms with Gasteiger partial charge in [0.1, 0.15) is 0 Å². The molecule has 60 valence electrons. The van der Waals surface area contributed by atoms with Crippen LogP contribution in [0.15, 0.2) is 35.6 Å². The van der Waals surface area contributed by atoms with E-state index < -0.39 is 0 Å². The van der Waals surface area contributed by atoms with Crippen molar-refractivity contribution in [3.63, 3.8) is 0 Å². The monoisotopic (exact) mass is 159 g/mol. The number of nitrogens with one attached hydrogen (secondary N) is 1. The summed E-state index contributed by atoms with van der Waals surface area (Å²) in [5.41, 5.74) is 8.42. The average molecular weight is 159 g/mol. The Morgan fingerprint density at radius 2 is 2.25 bits per heavy atom. The van der Waals surface area contributed by atoms with Crippen LogP contribution < -0.4 is 11.1 Å². The van der Waals surface area contributed by atoms with Crippen LogP contribution in [0.3, 0.4) is 0 Å². The van der Waals surface area contributed by atoms with Crippen molar-refractivity contribution in [1.82, 2.24) is 0 Å². The summed E-state index contributed by atoms with van der Waals surface area (Å²) in [6.07, 6.45) is 5.27. The van der Waals surface area contributed by atoms with E-state index in [2.05, 4.69) is 10.3 Å². The molecule has 0 unspecified atom stereocenters. The lowest BCUT2D eigenvalue weighted by atomic mass is 10.2. The molecule has 0 fully saturated rings. The zero-order valence-electron chi connectivity index (χ0n) is 6.49. The molecule has 1 heterocycles. The Morgan fingerprint density at radius 1 is 1.33 bits per heavy atom. The van der Waals surface area contributed by atoms with Crippen molar-refractivity contribution >= 4 is 17.6 Å². The zero-order chi connectivity index (χ0) is 8.39. The van der Waals surface area contributed by atoms with Crippen LogP contribution in [0.1, 0.15) is 5.56 Å². The molecule has 0 saturated heterocycles. The van der Waals surface area contributed by atoms with Crippen molar-refractivity contribution in [2.45, 2.75) is 0 Å². The normalized spacial score (nSPS) is 13.3. The average Bonchev–Trinajstić information content (AvgIpc) is 2.28. The van der Waals surface area contributed by atoms with Crippen LogP contribution in [-0.4, -0.2) is 6.21 Å². The highest BCUT2D eigenvalue weighted by atomic mass is 14.9. The number of hydrogen-bond acceptors (Lipinski definition) is 3. The number of nitrogens with two attached hydrogens (primary N) is 1. The third-order valence-electron chi connectivity index (χ3n) is 1.69. The van der Waals surface area contributed by atoms with Gasteiger partial charge in [-0.05, 0) is 18.2 Å². The van der Waals surface area contributed by atoms with Gasteiger partial charge in [0, 0.05) is 35.6 Å². The van der Waals surface area contributed by atoms with Gasteiger partial charge >= 0.3 is 0 Å². The first kappa shape index (κ1) is 6.91. The standard InChI is InChI=1S/C9H9N3/c10-8-1-2-9-7(5-8)6-11-3-4-12-9/h1-6,12H,10H2. The maximum absolute atomic E-state index is 5.62. The molecule has 0 saturated carbocycles. The quantitative estimate of drug-likeness (QED) is 0.565. The lowest BCUT2D eigenvalue weighted by Gasteiger charge is -2.03. The Labute approximate surface area is 70.6 Å². The summed E-state index contributed by atoms with van der Waals surface area (Å²) in [6.45, 7) is 0. The molecule has 0 amide bonds. The van der Waals surface area contributed by atoms with E-state index in [1.807, 2.05) is 18.2 Å². The van der Waals surface area contributed by atoms with Gasteiger partial charge in [0.05, 0.1) is 0 Å². The second kappa shape index (κ2) is 2.70. The number of fused-ring (bicyclic) bond motifs is 1. The first-order valence-electron chi connectivity index (χ1n) is 3.70. The summed E-state index contributed by atoms with van der Waals surface area (Å²) in [5.74, 6) is 0. The Kier molecular flexibility index (Phi) is 1.55. The second-order valence-electron chi connectivity index (χ2n) is 2.58. The smallest absolute Gasteiger partial charge is 0.0470 e. The van der Waals surface area contributed by atoms with E-state index in [4.69, 9.17) is 5.73 Å². The lowest BCUT2D eigenvalue weighted by Crippen LogP contribution is -1.93. The third-order valence-corrected chi connectivity index (χ3v) is 1.69. The first-order chi connectivity index (χ1) is 5.86. The molecular formula is C9H9N3. The number of benzene rings is 1. The highest BCUT2D eigenvalue weighted by Crippen LogP contribution is 2.18.